The molecular weight excluding hydrogens is 312 g/mol. The van der Waals surface area contributed by atoms with Gasteiger partial charge < -0.3 is 15.5 Å². The number of nitro benzene ring substituents is 1. The molecule has 0 atom stereocenters. The van der Waals surface area contributed by atoms with Crippen molar-refractivity contribution < 1.29 is 14.5 Å². The van der Waals surface area contributed by atoms with E-state index in [9.17, 15) is 19.7 Å². The van der Waals surface area contributed by atoms with Gasteiger partial charge in [0.25, 0.3) is 11.6 Å². The smallest absolute Gasteiger partial charge is 0.270 e. The highest BCUT2D eigenvalue weighted by molar-refractivity contribution is 6.02. The van der Waals surface area contributed by atoms with Crippen LogP contribution in [0.4, 0.5) is 11.4 Å². The highest BCUT2D eigenvalue weighted by Crippen LogP contribution is 2.28. The molecule has 0 spiro atoms. The fraction of sp³-hybridized carbons (Fsp3) is 0.500. The van der Waals surface area contributed by atoms with E-state index in [1.165, 1.54) is 12.1 Å². The molecule has 1 saturated heterocycles. The van der Waals surface area contributed by atoms with Crippen LogP contribution in [0.2, 0.25) is 0 Å². The number of nitrogens with zero attached hydrogens (tertiary/aromatic N) is 2. The van der Waals surface area contributed by atoms with E-state index in [4.69, 9.17) is 0 Å². The Morgan fingerprint density at radius 2 is 1.96 bits per heavy atom. The number of rotatable bonds is 6. The maximum Gasteiger partial charge on any atom is 0.270 e. The molecule has 1 heterocycles. The molecule has 8 heteroatoms. The second-order valence-corrected chi connectivity index (χ2v) is 6.18. The number of anilines is 1. The number of hydrogen-bond donors (Lipinski definition) is 2. The fourth-order valence-electron chi connectivity index (χ4n) is 2.82. The van der Waals surface area contributed by atoms with Crippen molar-refractivity contribution in [1.82, 2.24) is 10.6 Å². The molecule has 2 amide bonds. The minimum Gasteiger partial charge on any atom is -0.371 e. The highest BCUT2D eigenvalue weighted by Gasteiger charge is 2.25. The average molecular weight is 332 g/mol. The molecule has 3 rings (SSSR count). The molecule has 1 aliphatic carbocycles. The Hall–Kier alpha value is -2.64. The predicted octanol–water partition coefficient (Wildman–Crippen LogP) is 1.20. The first-order valence-corrected chi connectivity index (χ1v) is 8.15. The van der Waals surface area contributed by atoms with Gasteiger partial charge in [0.1, 0.15) is 0 Å². The predicted molar refractivity (Wildman–Crippen MR) is 88.0 cm³/mol. The van der Waals surface area contributed by atoms with Crippen molar-refractivity contribution in [3.8, 4) is 0 Å². The SMILES string of the molecule is O=C(CNC(=O)c1cc([N+](=O)[O-])ccc1N1CCCC1)NC1CC1. The van der Waals surface area contributed by atoms with Gasteiger partial charge in [-0.2, -0.15) is 0 Å². The van der Waals surface area contributed by atoms with Gasteiger partial charge in [-0.25, -0.2) is 0 Å². The summed E-state index contributed by atoms with van der Waals surface area (Å²) in [5.41, 5.74) is 0.786. The normalized spacial score (nSPS) is 16.8. The van der Waals surface area contributed by atoms with Crippen molar-refractivity contribution in [3.05, 3.63) is 33.9 Å². The summed E-state index contributed by atoms with van der Waals surface area (Å²) >= 11 is 0. The summed E-state index contributed by atoms with van der Waals surface area (Å²) in [5, 5.41) is 16.3. The Bertz CT molecular complexity index is 666. The van der Waals surface area contributed by atoms with Crippen LogP contribution in [-0.2, 0) is 4.79 Å². The second-order valence-electron chi connectivity index (χ2n) is 6.18. The largest absolute Gasteiger partial charge is 0.371 e. The van der Waals surface area contributed by atoms with Gasteiger partial charge in [0.2, 0.25) is 5.91 Å². The first kappa shape index (κ1) is 16.2. The van der Waals surface area contributed by atoms with Gasteiger partial charge in [0, 0.05) is 31.3 Å². The maximum atomic E-state index is 12.5. The Labute approximate surface area is 139 Å². The minimum absolute atomic E-state index is 0.128. The van der Waals surface area contributed by atoms with Crippen LogP contribution in [0.1, 0.15) is 36.0 Å². The third-order valence-electron chi connectivity index (χ3n) is 4.23. The van der Waals surface area contributed by atoms with E-state index in [-0.39, 0.29) is 29.7 Å². The molecule has 1 aromatic rings. The molecule has 1 aromatic carbocycles. The molecule has 2 fully saturated rings. The Morgan fingerprint density at radius 1 is 1.25 bits per heavy atom. The van der Waals surface area contributed by atoms with Crippen molar-refractivity contribution >= 4 is 23.2 Å². The summed E-state index contributed by atoms with van der Waals surface area (Å²) in [6.07, 6.45) is 4.01. The van der Waals surface area contributed by atoms with E-state index in [1.807, 2.05) is 4.90 Å². The molecule has 24 heavy (non-hydrogen) atoms. The third-order valence-corrected chi connectivity index (χ3v) is 4.23. The van der Waals surface area contributed by atoms with Gasteiger partial charge in [-0.1, -0.05) is 0 Å². The van der Waals surface area contributed by atoms with E-state index in [1.54, 1.807) is 6.07 Å². The highest BCUT2D eigenvalue weighted by atomic mass is 16.6. The average Bonchev–Trinajstić information content (AvgIpc) is 3.21. The first-order chi connectivity index (χ1) is 11.5. The van der Waals surface area contributed by atoms with E-state index < -0.39 is 10.8 Å². The number of carbonyl (C=O) groups is 2. The minimum atomic E-state index is -0.523. The number of nitro groups is 1. The van der Waals surface area contributed by atoms with Crippen LogP contribution in [0.5, 0.6) is 0 Å². The van der Waals surface area contributed by atoms with Crippen molar-refractivity contribution in [2.75, 3.05) is 24.5 Å². The van der Waals surface area contributed by atoms with Crippen molar-refractivity contribution in [2.45, 2.75) is 31.7 Å². The quantitative estimate of drug-likeness (QED) is 0.602. The molecule has 0 radical (unpaired) electrons. The van der Waals surface area contributed by atoms with Gasteiger partial charge >= 0.3 is 0 Å². The lowest BCUT2D eigenvalue weighted by molar-refractivity contribution is -0.384. The lowest BCUT2D eigenvalue weighted by atomic mass is 10.1. The number of nitrogens with one attached hydrogen (secondary N) is 2. The Kier molecular flexibility index (Phi) is 4.64. The summed E-state index contributed by atoms with van der Waals surface area (Å²) in [6.45, 7) is 1.51. The van der Waals surface area contributed by atoms with Crippen LogP contribution < -0.4 is 15.5 Å². The van der Waals surface area contributed by atoms with E-state index in [0.717, 1.165) is 38.8 Å². The third kappa shape index (κ3) is 3.81. The fourth-order valence-corrected chi connectivity index (χ4v) is 2.82. The maximum absolute atomic E-state index is 12.5. The van der Waals surface area contributed by atoms with Gasteiger partial charge in [-0.15, -0.1) is 0 Å². The zero-order valence-corrected chi connectivity index (χ0v) is 13.3. The summed E-state index contributed by atoms with van der Waals surface area (Å²) < 4.78 is 0. The molecule has 1 aliphatic heterocycles. The number of non-ortho nitro benzene ring substituents is 1. The summed E-state index contributed by atoms with van der Waals surface area (Å²) in [7, 11) is 0. The summed E-state index contributed by atoms with van der Waals surface area (Å²) in [4.78, 5) is 36.7. The number of hydrogen-bond acceptors (Lipinski definition) is 5. The molecule has 1 saturated carbocycles. The van der Waals surface area contributed by atoms with E-state index in [2.05, 4.69) is 10.6 Å². The van der Waals surface area contributed by atoms with Crippen molar-refractivity contribution in [2.24, 2.45) is 0 Å². The standard InChI is InChI=1S/C16H20N4O4/c21-15(18-11-3-4-11)10-17-16(22)13-9-12(20(23)24)5-6-14(13)19-7-1-2-8-19/h5-6,9,11H,1-4,7-8,10H2,(H,17,22)(H,18,21). The molecule has 0 aromatic heterocycles. The number of carbonyl (C=O) groups excluding carboxylic acids is 2. The van der Waals surface area contributed by atoms with Gasteiger partial charge in [0.05, 0.1) is 22.7 Å². The van der Waals surface area contributed by atoms with Crippen molar-refractivity contribution in [1.29, 1.82) is 0 Å². The Balaban J connectivity index is 1.74. The molecule has 8 nitrogen and oxygen atoms in total. The Morgan fingerprint density at radius 3 is 2.58 bits per heavy atom. The molecule has 128 valence electrons. The van der Waals surface area contributed by atoms with Crippen LogP contribution in [-0.4, -0.2) is 42.4 Å². The van der Waals surface area contributed by atoms with Crippen LogP contribution in [0.3, 0.4) is 0 Å². The topological polar surface area (TPSA) is 105 Å². The van der Waals surface area contributed by atoms with Crippen LogP contribution in [0.15, 0.2) is 18.2 Å². The lowest BCUT2D eigenvalue weighted by Crippen LogP contribution is -2.38. The van der Waals surface area contributed by atoms with Gasteiger partial charge in [-0.05, 0) is 31.7 Å². The lowest BCUT2D eigenvalue weighted by Gasteiger charge is -2.20. The van der Waals surface area contributed by atoms with Gasteiger partial charge in [-0.3, -0.25) is 19.7 Å². The molecule has 2 aliphatic rings. The summed E-state index contributed by atoms with van der Waals surface area (Å²) in [5.74, 6) is -0.703. The molecule has 0 unspecified atom stereocenters. The molecular formula is C16H20N4O4. The van der Waals surface area contributed by atoms with Gasteiger partial charge in [0.15, 0.2) is 0 Å². The second kappa shape index (κ2) is 6.86. The van der Waals surface area contributed by atoms with E-state index in [0.29, 0.717) is 5.69 Å². The molecule has 2 N–H and O–H groups in total. The van der Waals surface area contributed by atoms with E-state index >= 15 is 0 Å². The van der Waals surface area contributed by atoms with Crippen LogP contribution >= 0.6 is 0 Å². The first-order valence-electron chi connectivity index (χ1n) is 8.15. The molecule has 0 bridgehead atoms. The number of amides is 2. The van der Waals surface area contributed by atoms with Crippen molar-refractivity contribution in [3.63, 3.8) is 0 Å². The zero-order valence-electron chi connectivity index (χ0n) is 13.3. The number of benzene rings is 1. The monoisotopic (exact) mass is 332 g/mol. The van der Waals surface area contributed by atoms with Crippen LogP contribution in [0.25, 0.3) is 0 Å². The van der Waals surface area contributed by atoms with Crippen LogP contribution in [0, 0.1) is 10.1 Å². The summed E-state index contributed by atoms with van der Waals surface area (Å²) in [6, 6.07) is 4.53. The zero-order chi connectivity index (χ0) is 17.1.